The van der Waals surface area contributed by atoms with Gasteiger partial charge in [0.2, 0.25) is 0 Å². The van der Waals surface area contributed by atoms with E-state index < -0.39 is 0 Å². The second kappa shape index (κ2) is 11.6. The molecule has 0 aliphatic heterocycles. The summed E-state index contributed by atoms with van der Waals surface area (Å²) in [4.78, 5) is 4.64. The van der Waals surface area contributed by atoms with Gasteiger partial charge in [-0.3, -0.25) is 4.98 Å². The first-order chi connectivity index (χ1) is 14.7. The molecule has 2 aromatic carbocycles. The van der Waals surface area contributed by atoms with Crippen LogP contribution in [0.25, 0.3) is 22.3 Å². The van der Waals surface area contributed by atoms with Gasteiger partial charge in [0.25, 0.3) is 0 Å². The number of benzene rings is 2. The summed E-state index contributed by atoms with van der Waals surface area (Å²) in [5.74, 6) is -0.138. The zero-order valence-electron chi connectivity index (χ0n) is 18.5. The van der Waals surface area contributed by atoms with Crippen LogP contribution >= 0.6 is 0 Å². The number of hydrogen-bond acceptors (Lipinski definition) is 1. The normalized spacial score (nSPS) is 11.0. The molecule has 3 aromatic rings. The zero-order valence-corrected chi connectivity index (χ0v) is 18.5. The molecular formula is C28H34FN. The maximum atomic E-state index is 14.6. The highest BCUT2D eigenvalue weighted by molar-refractivity contribution is 5.70. The van der Waals surface area contributed by atoms with Crippen LogP contribution in [0, 0.1) is 5.82 Å². The third-order valence-corrected chi connectivity index (χ3v) is 5.74. The van der Waals surface area contributed by atoms with E-state index in [-0.39, 0.29) is 5.82 Å². The minimum absolute atomic E-state index is 0.138. The topological polar surface area (TPSA) is 12.9 Å². The predicted octanol–water partition coefficient (Wildman–Crippen LogP) is 8.41. The van der Waals surface area contributed by atoms with Crippen LogP contribution in [-0.4, -0.2) is 4.98 Å². The highest BCUT2D eigenvalue weighted by Gasteiger charge is 2.07. The smallest absolute Gasteiger partial charge is 0.131 e. The van der Waals surface area contributed by atoms with Gasteiger partial charge < -0.3 is 0 Å². The van der Waals surface area contributed by atoms with Crippen molar-refractivity contribution in [3.05, 3.63) is 77.9 Å². The summed E-state index contributed by atoms with van der Waals surface area (Å²) in [7, 11) is 0. The summed E-state index contributed by atoms with van der Waals surface area (Å²) >= 11 is 0. The molecule has 0 N–H and O–H groups in total. The molecule has 3 rings (SSSR count). The molecule has 0 bridgehead atoms. The fraction of sp³-hybridized carbons (Fsp3) is 0.393. The molecule has 158 valence electrons. The van der Waals surface area contributed by atoms with Crippen molar-refractivity contribution in [2.75, 3.05) is 0 Å². The molecule has 0 spiro atoms. The average Bonchev–Trinajstić information content (AvgIpc) is 2.78. The van der Waals surface area contributed by atoms with Gasteiger partial charge >= 0.3 is 0 Å². The lowest BCUT2D eigenvalue weighted by atomic mass is 9.98. The van der Waals surface area contributed by atoms with Crippen LogP contribution in [0.3, 0.4) is 0 Å². The molecule has 0 atom stereocenters. The predicted molar refractivity (Wildman–Crippen MR) is 126 cm³/mol. The third kappa shape index (κ3) is 6.26. The monoisotopic (exact) mass is 403 g/mol. The molecule has 30 heavy (non-hydrogen) atoms. The molecule has 1 heterocycles. The molecule has 2 heteroatoms. The Morgan fingerprint density at radius 1 is 0.667 bits per heavy atom. The average molecular weight is 404 g/mol. The number of nitrogens with zero attached hydrogens (tertiary/aromatic N) is 1. The van der Waals surface area contributed by atoms with Gasteiger partial charge in [-0.2, -0.15) is 0 Å². The first-order valence-corrected chi connectivity index (χ1v) is 11.6. The lowest BCUT2D eigenvalue weighted by molar-refractivity contribution is 0.627. The first-order valence-electron chi connectivity index (χ1n) is 11.6. The molecule has 1 aromatic heterocycles. The number of pyridine rings is 1. The molecule has 1 nitrogen and oxygen atoms in total. The fourth-order valence-electron chi connectivity index (χ4n) is 3.82. The largest absolute Gasteiger partial charge is 0.261 e. The van der Waals surface area contributed by atoms with Gasteiger partial charge in [0.1, 0.15) is 5.82 Å². The van der Waals surface area contributed by atoms with Crippen molar-refractivity contribution in [3.8, 4) is 22.3 Å². The van der Waals surface area contributed by atoms with Crippen molar-refractivity contribution in [1.29, 1.82) is 0 Å². The summed E-state index contributed by atoms with van der Waals surface area (Å²) in [6.45, 7) is 4.40. The van der Waals surface area contributed by atoms with E-state index in [2.05, 4.69) is 43.1 Å². The fourth-order valence-corrected chi connectivity index (χ4v) is 3.82. The quantitative estimate of drug-likeness (QED) is 0.293. The van der Waals surface area contributed by atoms with E-state index in [1.807, 2.05) is 30.5 Å². The van der Waals surface area contributed by atoms with E-state index >= 15 is 0 Å². The Morgan fingerprint density at radius 3 is 2.03 bits per heavy atom. The van der Waals surface area contributed by atoms with Crippen molar-refractivity contribution >= 4 is 0 Å². The van der Waals surface area contributed by atoms with Gasteiger partial charge in [-0.25, -0.2) is 4.39 Å². The number of aromatic nitrogens is 1. The maximum Gasteiger partial charge on any atom is 0.131 e. The zero-order chi connectivity index (χ0) is 21.2. The number of rotatable bonds is 11. The Bertz CT molecular complexity index is 897. The van der Waals surface area contributed by atoms with Crippen LogP contribution in [0.2, 0.25) is 0 Å². The van der Waals surface area contributed by atoms with Gasteiger partial charge in [0, 0.05) is 23.0 Å². The molecule has 0 aliphatic rings. The lowest BCUT2D eigenvalue weighted by Gasteiger charge is -2.08. The minimum Gasteiger partial charge on any atom is -0.261 e. The van der Waals surface area contributed by atoms with E-state index in [0.29, 0.717) is 5.56 Å². The summed E-state index contributed by atoms with van der Waals surface area (Å²) in [5, 5.41) is 0. The molecule has 0 saturated heterocycles. The van der Waals surface area contributed by atoms with Crippen molar-refractivity contribution in [2.45, 2.75) is 71.6 Å². The first kappa shape index (κ1) is 22.2. The van der Waals surface area contributed by atoms with Crippen LogP contribution in [0.4, 0.5) is 4.39 Å². The van der Waals surface area contributed by atoms with Crippen LogP contribution in [0.15, 0.2) is 60.8 Å². The molecule has 0 amide bonds. The Kier molecular flexibility index (Phi) is 8.62. The molecule has 0 radical (unpaired) electrons. The molecular weight excluding hydrogens is 369 g/mol. The number of aryl methyl sites for hydroxylation is 2. The van der Waals surface area contributed by atoms with Crippen LogP contribution in [0.5, 0.6) is 0 Å². The van der Waals surface area contributed by atoms with Gasteiger partial charge in [0.05, 0.1) is 0 Å². The van der Waals surface area contributed by atoms with Crippen LogP contribution < -0.4 is 0 Å². The van der Waals surface area contributed by atoms with Gasteiger partial charge in [0.15, 0.2) is 0 Å². The summed E-state index contributed by atoms with van der Waals surface area (Å²) in [5.41, 5.74) is 6.03. The van der Waals surface area contributed by atoms with E-state index in [4.69, 9.17) is 0 Å². The van der Waals surface area contributed by atoms with Crippen LogP contribution in [0.1, 0.15) is 70.1 Å². The second-order valence-corrected chi connectivity index (χ2v) is 8.20. The highest BCUT2D eigenvalue weighted by atomic mass is 19.1. The standard InChI is InChI=1S/C28H34FN/c1-3-5-7-8-9-11-26-18-17-25(21-30-26)23-13-15-24(16-14-23)27-19-12-22(10-6-4-2)20-28(27)29/h12-21H,3-11H2,1-2H3. The van der Waals surface area contributed by atoms with Crippen molar-refractivity contribution in [3.63, 3.8) is 0 Å². The van der Waals surface area contributed by atoms with Gasteiger partial charge in [-0.15, -0.1) is 0 Å². The maximum absolute atomic E-state index is 14.6. The summed E-state index contributed by atoms with van der Waals surface area (Å²) in [6, 6.07) is 18.0. The Hall–Kier alpha value is -2.48. The molecule has 0 unspecified atom stereocenters. The van der Waals surface area contributed by atoms with Crippen LogP contribution in [-0.2, 0) is 12.8 Å². The Labute approximate surface area is 181 Å². The Balaban J connectivity index is 1.63. The highest BCUT2D eigenvalue weighted by Crippen LogP contribution is 2.27. The number of halogens is 1. The van der Waals surface area contributed by atoms with Gasteiger partial charge in [-0.1, -0.05) is 88.4 Å². The van der Waals surface area contributed by atoms with E-state index in [9.17, 15) is 4.39 Å². The molecule has 0 aliphatic carbocycles. The van der Waals surface area contributed by atoms with Crippen molar-refractivity contribution < 1.29 is 4.39 Å². The SMILES string of the molecule is CCCCCCCc1ccc(-c2ccc(-c3ccc(CCCC)cc3F)cc2)cn1. The summed E-state index contributed by atoms with van der Waals surface area (Å²) in [6.07, 6.45) is 12.6. The third-order valence-electron chi connectivity index (χ3n) is 5.74. The number of unbranched alkanes of at least 4 members (excludes halogenated alkanes) is 5. The number of hydrogen-bond donors (Lipinski definition) is 0. The van der Waals surface area contributed by atoms with Crippen molar-refractivity contribution in [1.82, 2.24) is 4.98 Å². The van der Waals surface area contributed by atoms with Crippen molar-refractivity contribution in [2.24, 2.45) is 0 Å². The van der Waals surface area contributed by atoms with E-state index in [1.165, 1.54) is 32.1 Å². The minimum atomic E-state index is -0.138. The Morgan fingerprint density at radius 2 is 1.37 bits per heavy atom. The van der Waals surface area contributed by atoms with E-state index in [1.54, 1.807) is 6.07 Å². The van der Waals surface area contributed by atoms with E-state index in [0.717, 1.165) is 53.6 Å². The van der Waals surface area contributed by atoms with Gasteiger partial charge in [-0.05, 0) is 54.5 Å². The second-order valence-electron chi connectivity index (χ2n) is 8.20. The molecule has 0 saturated carbocycles. The lowest BCUT2D eigenvalue weighted by Crippen LogP contribution is -1.92. The molecule has 0 fully saturated rings. The summed E-state index contributed by atoms with van der Waals surface area (Å²) < 4.78 is 14.6.